The lowest BCUT2D eigenvalue weighted by Crippen LogP contribution is -2.52. The summed E-state index contributed by atoms with van der Waals surface area (Å²) in [4.78, 5) is 54.8. The number of carbonyl (C=O) groups excluding carboxylic acids is 4. The van der Waals surface area contributed by atoms with Gasteiger partial charge in [0.2, 0.25) is 11.8 Å². The van der Waals surface area contributed by atoms with Gasteiger partial charge in [-0.3, -0.25) is 24.2 Å². The van der Waals surface area contributed by atoms with Crippen molar-refractivity contribution in [3.05, 3.63) is 47.6 Å². The Morgan fingerprint density at radius 1 is 1.11 bits per heavy atom. The number of Topliss-reactive ketones (excluding diaryl/α,β-unsaturated/α-hetero) is 1. The molecule has 3 atom stereocenters. The summed E-state index contributed by atoms with van der Waals surface area (Å²) >= 11 is 0. The zero-order valence-corrected chi connectivity index (χ0v) is 20.3. The highest BCUT2D eigenvalue weighted by Gasteiger charge is 2.50. The number of aryl methyl sites for hydroxylation is 1. The Hall–Kier alpha value is -3.60. The molecule has 1 aliphatic heterocycles. The van der Waals surface area contributed by atoms with Crippen LogP contribution in [0, 0.1) is 12.8 Å². The quantitative estimate of drug-likeness (QED) is 0.372. The van der Waals surface area contributed by atoms with Gasteiger partial charge in [-0.25, -0.2) is 0 Å². The van der Waals surface area contributed by atoms with Crippen molar-refractivity contribution >= 4 is 23.5 Å². The van der Waals surface area contributed by atoms with Crippen LogP contribution in [0.1, 0.15) is 49.0 Å². The second-order valence-electron chi connectivity index (χ2n) is 9.26. The summed E-state index contributed by atoms with van der Waals surface area (Å²) in [5, 5.41) is 11.6. The number of rotatable bonds is 12. The van der Waals surface area contributed by atoms with Crippen LogP contribution in [0.2, 0.25) is 0 Å². The minimum atomic E-state index is -0.985. The number of carbonyl (C=O) groups is 4. The fourth-order valence-electron chi connectivity index (χ4n) is 3.53. The van der Waals surface area contributed by atoms with Crippen LogP contribution in [-0.2, 0) is 25.5 Å². The Bertz CT molecular complexity index is 1060. The molecular formula is C24H31N5O6. The molecule has 11 nitrogen and oxygen atoms in total. The minimum Gasteiger partial charge on any atom is -0.361 e. The monoisotopic (exact) mass is 485 g/mol. The number of nitrogens with zero attached hydrogens (tertiary/aromatic N) is 2. The molecule has 0 bridgehead atoms. The maximum absolute atomic E-state index is 12.9. The van der Waals surface area contributed by atoms with Gasteiger partial charge < -0.3 is 25.2 Å². The summed E-state index contributed by atoms with van der Waals surface area (Å²) in [6.45, 7) is 7.22. The van der Waals surface area contributed by atoms with Crippen LogP contribution in [0.25, 0.3) is 0 Å². The highest BCUT2D eigenvalue weighted by Crippen LogP contribution is 2.29. The first-order valence-corrected chi connectivity index (χ1v) is 11.5. The lowest BCUT2D eigenvalue weighted by Gasteiger charge is -2.22. The largest absolute Gasteiger partial charge is 0.361 e. The molecule has 188 valence electrons. The van der Waals surface area contributed by atoms with E-state index in [9.17, 15) is 19.2 Å². The normalized spacial score (nSPS) is 18.4. The maximum atomic E-state index is 12.9. The Morgan fingerprint density at radius 2 is 1.80 bits per heavy atom. The molecule has 1 aliphatic rings. The van der Waals surface area contributed by atoms with Gasteiger partial charge in [-0.1, -0.05) is 19.0 Å². The topological polar surface area (TPSA) is 156 Å². The Kier molecular flexibility index (Phi) is 8.34. The zero-order valence-electron chi connectivity index (χ0n) is 20.3. The fourth-order valence-corrected chi connectivity index (χ4v) is 3.53. The highest BCUT2D eigenvalue weighted by atomic mass is 16.6. The number of pyridine rings is 1. The van der Waals surface area contributed by atoms with Crippen molar-refractivity contribution < 1.29 is 28.4 Å². The van der Waals surface area contributed by atoms with E-state index in [4.69, 9.17) is 9.26 Å². The molecule has 11 heteroatoms. The van der Waals surface area contributed by atoms with Gasteiger partial charge in [-0.2, -0.15) is 0 Å². The van der Waals surface area contributed by atoms with E-state index in [-0.39, 0.29) is 30.4 Å². The van der Waals surface area contributed by atoms with Crippen LogP contribution in [0.5, 0.6) is 0 Å². The number of amides is 3. The molecule has 3 N–H and O–H groups in total. The third-order valence-corrected chi connectivity index (χ3v) is 5.55. The number of epoxide rings is 1. The van der Waals surface area contributed by atoms with Crippen molar-refractivity contribution in [2.75, 3.05) is 13.2 Å². The van der Waals surface area contributed by atoms with E-state index in [1.54, 1.807) is 38.4 Å². The molecular weight excluding hydrogens is 454 g/mol. The molecule has 2 aromatic heterocycles. The molecule has 0 aliphatic carbocycles. The summed E-state index contributed by atoms with van der Waals surface area (Å²) in [6, 6.07) is 3.21. The van der Waals surface area contributed by atoms with Crippen LogP contribution in [0.4, 0.5) is 0 Å². The average molecular weight is 486 g/mol. The van der Waals surface area contributed by atoms with Gasteiger partial charge in [0.25, 0.3) is 5.91 Å². The van der Waals surface area contributed by atoms with Crippen molar-refractivity contribution in [2.24, 2.45) is 5.92 Å². The SMILES string of the molecule is Cc1cc(C(=O)NC(Cc2ccncc2)C(=O)NCC(=O)N[C@@H](CC(C)C)C(=O)[C@@]2(C)CO2)no1. The molecule has 1 fully saturated rings. The molecule has 3 heterocycles. The molecule has 1 saturated heterocycles. The number of ether oxygens (including phenoxy) is 1. The van der Waals surface area contributed by atoms with Crippen molar-refractivity contribution in [2.45, 2.75) is 58.2 Å². The molecule has 3 rings (SSSR count). The molecule has 0 aromatic carbocycles. The number of nitrogens with one attached hydrogen (secondary N) is 3. The van der Waals surface area contributed by atoms with Gasteiger partial charge in [0, 0.05) is 24.9 Å². The third-order valence-electron chi connectivity index (χ3n) is 5.55. The van der Waals surface area contributed by atoms with E-state index in [0.717, 1.165) is 5.56 Å². The molecule has 3 amide bonds. The predicted molar refractivity (Wildman–Crippen MR) is 124 cm³/mol. The summed E-state index contributed by atoms with van der Waals surface area (Å²) in [7, 11) is 0. The molecule has 35 heavy (non-hydrogen) atoms. The van der Waals surface area contributed by atoms with E-state index in [2.05, 4.69) is 26.1 Å². The first-order chi connectivity index (χ1) is 16.6. The smallest absolute Gasteiger partial charge is 0.274 e. The Balaban J connectivity index is 1.62. The van der Waals surface area contributed by atoms with E-state index < -0.39 is 35.4 Å². The zero-order chi connectivity index (χ0) is 25.6. The lowest BCUT2D eigenvalue weighted by molar-refractivity contribution is -0.131. The Morgan fingerprint density at radius 3 is 2.37 bits per heavy atom. The first kappa shape index (κ1) is 26.0. The number of hydrogen-bond donors (Lipinski definition) is 3. The van der Waals surface area contributed by atoms with E-state index in [1.807, 2.05) is 13.8 Å². The van der Waals surface area contributed by atoms with Gasteiger partial charge in [0.15, 0.2) is 11.5 Å². The Labute approximate surface area is 203 Å². The number of ketones is 1. The molecule has 0 spiro atoms. The fraction of sp³-hybridized carbons (Fsp3) is 0.500. The van der Waals surface area contributed by atoms with E-state index >= 15 is 0 Å². The minimum absolute atomic E-state index is 0.0404. The number of hydrogen-bond acceptors (Lipinski definition) is 8. The molecule has 1 unspecified atom stereocenters. The van der Waals surface area contributed by atoms with Gasteiger partial charge in [-0.05, 0) is 43.9 Å². The van der Waals surface area contributed by atoms with Crippen molar-refractivity contribution in [3.63, 3.8) is 0 Å². The van der Waals surface area contributed by atoms with Crippen molar-refractivity contribution in [3.8, 4) is 0 Å². The summed E-state index contributed by atoms with van der Waals surface area (Å²) < 4.78 is 10.2. The van der Waals surface area contributed by atoms with E-state index in [0.29, 0.717) is 18.8 Å². The second kappa shape index (κ2) is 11.2. The lowest BCUT2D eigenvalue weighted by atomic mass is 9.93. The predicted octanol–water partition coefficient (Wildman–Crippen LogP) is 0.724. The maximum Gasteiger partial charge on any atom is 0.274 e. The number of aromatic nitrogens is 2. The van der Waals surface area contributed by atoms with Crippen LogP contribution >= 0.6 is 0 Å². The van der Waals surface area contributed by atoms with Crippen LogP contribution in [0.15, 0.2) is 35.1 Å². The van der Waals surface area contributed by atoms with Crippen LogP contribution in [-0.4, -0.2) is 64.5 Å². The summed E-state index contributed by atoms with van der Waals surface area (Å²) in [5.41, 5.74) is -0.0599. The summed E-state index contributed by atoms with van der Waals surface area (Å²) in [5.74, 6) is -1.21. The van der Waals surface area contributed by atoms with Gasteiger partial charge in [0.05, 0.1) is 19.2 Å². The molecule has 2 aromatic rings. The van der Waals surface area contributed by atoms with Crippen LogP contribution in [0.3, 0.4) is 0 Å². The second-order valence-corrected chi connectivity index (χ2v) is 9.26. The van der Waals surface area contributed by atoms with Crippen LogP contribution < -0.4 is 16.0 Å². The first-order valence-electron chi connectivity index (χ1n) is 11.5. The van der Waals surface area contributed by atoms with Crippen molar-refractivity contribution in [1.82, 2.24) is 26.1 Å². The van der Waals surface area contributed by atoms with Gasteiger partial charge in [0.1, 0.15) is 17.4 Å². The third kappa shape index (κ3) is 7.44. The summed E-state index contributed by atoms with van der Waals surface area (Å²) in [6.07, 6.45) is 3.78. The average Bonchev–Trinajstić information content (AvgIpc) is 3.42. The van der Waals surface area contributed by atoms with Gasteiger partial charge >= 0.3 is 0 Å². The standard InChI is InChI=1S/C24H31N5O6/c1-14(2)9-17(21(31)24(4)13-34-24)27-20(30)12-26-22(32)18(11-16-5-7-25-8-6-16)28-23(33)19-10-15(3)35-29-19/h5-8,10,14,17-18H,9,11-13H2,1-4H3,(H,26,32)(H,27,30)(H,28,33)/t17-,18?,24+/m0/s1. The van der Waals surface area contributed by atoms with Gasteiger partial charge in [-0.15, -0.1) is 0 Å². The van der Waals surface area contributed by atoms with E-state index in [1.165, 1.54) is 6.07 Å². The van der Waals surface area contributed by atoms with Crippen molar-refractivity contribution in [1.29, 1.82) is 0 Å². The molecule has 0 radical (unpaired) electrons. The molecule has 0 saturated carbocycles. The highest BCUT2D eigenvalue weighted by molar-refractivity contribution is 5.98.